The maximum absolute atomic E-state index is 9.60. The summed E-state index contributed by atoms with van der Waals surface area (Å²) in [5.41, 5.74) is 0. The van der Waals surface area contributed by atoms with Gasteiger partial charge in [-0.15, -0.1) is 0 Å². The Labute approximate surface area is 78.3 Å². The first-order chi connectivity index (χ1) is 6.24. The van der Waals surface area contributed by atoms with E-state index in [4.69, 9.17) is 9.15 Å². The van der Waals surface area contributed by atoms with Crippen LogP contribution in [0.2, 0.25) is 0 Å². The predicted octanol–water partition coefficient (Wildman–Crippen LogP) is 2.13. The summed E-state index contributed by atoms with van der Waals surface area (Å²) in [6, 6.07) is 3.56. The van der Waals surface area contributed by atoms with Crippen LogP contribution in [0.4, 0.5) is 0 Å². The first kappa shape index (κ1) is 10.3. The lowest BCUT2D eigenvalue weighted by atomic mass is 10.1. The van der Waals surface area contributed by atoms with Gasteiger partial charge < -0.3 is 14.3 Å². The Hall–Kier alpha value is -0.800. The van der Waals surface area contributed by atoms with Crippen molar-refractivity contribution in [1.82, 2.24) is 0 Å². The van der Waals surface area contributed by atoms with Crippen LogP contribution in [-0.4, -0.2) is 18.3 Å². The van der Waals surface area contributed by atoms with Gasteiger partial charge in [0, 0.05) is 7.11 Å². The van der Waals surface area contributed by atoms with Gasteiger partial charge >= 0.3 is 0 Å². The second kappa shape index (κ2) is 5.04. The molecule has 0 bridgehead atoms. The van der Waals surface area contributed by atoms with Crippen LogP contribution in [0.5, 0.6) is 0 Å². The third kappa shape index (κ3) is 3.20. The number of hydrogen-bond acceptors (Lipinski definition) is 3. The summed E-state index contributed by atoms with van der Waals surface area (Å²) >= 11 is 0. The van der Waals surface area contributed by atoms with Gasteiger partial charge in [0.05, 0.1) is 12.4 Å². The fourth-order valence-corrected chi connectivity index (χ4v) is 1.13. The highest BCUT2D eigenvalue weighted by Gasteiger charge is 2.11. The molecule has 0 radical (unpaired) electrons. The lowest BCUT2D eigenvalue weighted by Gasteiger charge is -2.11. The maximum Gasteiger partial charge on any atom is 0.132 e. The number of ether oxygens (including phenoxy) is 1. The molecule has 0 aliphatic carbocycles. The van der Waals surface area contributed by atoms with Gasteiger partial charge in [-0.3, -0.25) is 0 Å². The zero-order valence-corrected chi connectivity index (χ0v) is 8.06. The van der Waals surface area contributed by atoms with Crippen molar-refractivity contribution in [3.63, 3.8) is 0 Å². The summed E-state index contributed by atoms with van der Waals surface area (Å²) in [5.74, 6) is 0.628. The minimum absolute atomic E-state index is 0.185. The molecular weight excluding hydrogens is 168 g/mol. The lowest BCUT2D eigenvalue weighted by molar-refractivity contribution is 0.0780. The van der Waals surface area contributed by atoms with Crippen molar-refractivity contribution in [2.45, 2.75) is 32.0 Å². The number of hydrogen-bond donors (Lipinski definition) is 1. The van der Waals surface area contributed by atoms with E-state index in [0.717, 1.165) is 6.42 Å². The molecule has 3 heteroatoms. The van der Waals surface area contributed by atoms with Crippen molar-refractivity contribution in [3.8, 4) is 0 Å². The number of aliphatic hydroxyl groups excluding tert-OH is 1. The standard InChI is InChI=1S/C10H16O3/c1-8(12-2)5-6-9(11)10-4-3-7-13-10/h3-4,7-9,11H,5-6H2,1-2H3. The van der Waals surface area contributed by atoms with Crippen LogP contribution >= 0.6 is 0 Å². The van der Waals surface area contributed by atoms with Crippen LogP contribution in [0.25, 0.3) is 0 Å². The molecule has 0 amide bonds. The molecule has 2 atom stereocenters. The number of methoxy groups -OCH3 is 1. The SMILES string of the molecule is COC(C)CCC(O)c1ccco1. The van der Waals surface area contributed by atoms with E-state index in [1.54, 1.807) is 25.5 Å². The largest absolute Gasteiger partial charge is 0.467 e. The molecule has 3 nitrogen and oxygen atoms in total. The second-order valence-corrected chi connectivity index (χ2v) is 3.15. The van der Waals surface area contributed by atoms with Crippen molar-refractivity contribution in [2.24, 2.45) is 0 Å². The molecule has 0 spiro atoms. The smallest absolute Gasteiger partial charge is 0.132 e. The van der Waals surface area contributed by atoms with Gasteiger partial charge in [-0.25, -0.2) is 0 Å². The Morgan fingerprint density at radius 1 is 1.54 bits per heavy atom. The molecule has 2 unspecified atom stereocenters. The third-order valence-electron chi connectivity index (χ3n) is 2.12. The zero-order chi connectivity index (χ0) is 9.68. The van der Waals surface area contributed by atoms with Gasteiger partial charge in [0.15, 0.2) is 0 Å². The summed E-state index contributed by atoms with van der Waals surface area (Å²) in [7, 11) is 1.67. The van der Waals surface area contributed by atoms with E-state index in [2.05, 4.69) is 0 Å². The van der Waals surface area contributed by atoms with E-state index in [9.17, 15) is 5.11 Å². The van der Waals surface area contributed by atoms with Crippen molar-refractivity contribution >= 4 is 0 Å². The summed E-state index contributed by atoms with van der Waals surface area (Å²) in [6.45, 7) is 1.98. The van der Waals surface area contributed by atoms with Crippen molar-refractivity contribution < 1.29 is 14.3 Å². The van der Waals surface area contributed by atoms with Gasteiger partial charge in [0.25, 0.3) is 0 Å². The Morgan fingerprint density at radius 2 is 2.31 bits per heavy atom. The quantitative estimate of drug-likeness (QED) is 0.762. The molecule has 1 heterocycles. The van der Waals surface area contributed by atoms with Crippen molar-refractivity contribution in [1.29, 1.82) is 0 Å². The fourth-order valence-electron chi connectivity index (χ4n) is 1.13. The third-order valence-corrected chi connectivity index (χ3v) is 2.12. The fraction of sp³-hybridized carbons (Fsp3) is 0.600. The Bertz CT molecular complexity index is 218. The lowest BCUT2D eigenvalue weighted by Crippen LogP contribution is -2.07. The highest BCUT2D eigenvalue weighted by Crippen LogP contribution is 2.19. The van der Waals surface area contributed by atoms with E-state index in [1.165, 1.54) is 0 Å². The summed E-state index contributed by atoms with van der Waals surface area (Å²) in [6.07, 6.45) is 2.75. The van der Waals surface area contributed by atoms with Crippen LogP contribution in [0.1, 0.15) is 31.6 Å². The maximum atomic E-state index is 9.60. The van der Waals surface area contributed by atoms with Crippen LogP contribution in [0.3, 0.4) is 0 Å². The van der Waals surface area contributed by atoms with E-state index >= 15 is 0 Å². The van der Waals surface area contributed by atoms with E-state index in [-0.39, 0.29) is 6.10 Å². The molecule has 1 aromatic rings. The molecule has 0 aromatic carbocycles. The molecule has 0 saturated heterocycles. The summed E-state index contributed by atoms with van der Waals surface area (Å²) in [5, 5.41) is 9.60. The second-order valence-electron chi connectivity index (χ2n) is 3.15. The summed E-state index contributed by atoms with van der Waals surface area (Å²) in [4.78, 5) is 0. The van der Waals surface area contributed by atoms with Crippen molar-refractivity contribution in [3.05, 3.63) is 24.2 Å². The normalized spacial score (nSPS) is 15.6. The van der Waals surface area contributed by atoms with Gasteiger partial charge in [0.2, 0.25) is 0 Å². The Balaban J connectivity index is 2.30. The van der Waals surface area contributed by atoms with Gasteiger partial charge in [-0.2, -0.15) is 0 Å². The minimum Gasteiger partial charge on any atom is -0.467 e. The zero-order valence-electron chi connectivity index (χ0n) is 8.06. The van der Waals surface area contributed by atoms with E-state index in [0.29, 0.717) is 12.2 Å². The Morgan fingerprint density at radius 3 is 2.85 bits per heavy atom. The number of aliphatic hydroxyl groups is 1. The van der Waals surface area contributed by atoms with E-state index in [1.807, 2.05) is 6.92 Å². The topological polar surface area (TPSA) is 42.6 Å². The molecular formula is C10H16O3. The highest BCUT2D eigenvalue weighted by molar-refractivity contribution is 5.01. The molecule has 0 fully saturated rings. The number of rotatable bonds is 5. The molecule has 0 aliphatic heterocycles. The van der Waals surface area contributed by atoms with Crippen LogP contribution in [0, 0.1) is 0 Å². The number of furan rings is 1. The monoisotopic (exact) mass is 184 g/mol. The van der Waals surface area contributed by atoms with E-state index < -0.39 is 6.10 Å². The predicted molar refractivity (Wildman–Crippen MR) is 49.4 cm³/mol. The summed E-state index contributed by atoms with van der Waals surface area (Å²) < 4.78 is 10.1. The van der Waals surface area contributed by atoms with Crippen LogP contribution < -0.4 is 0 Å². The average Bonchev–Trinajstić information content (AvgIpc) is 2.66. The first-order valence-electron chi connectivity index (χ1n) is 4.48. The van der Waals surface area contributed by atoms with Gasteiger partial charge in [-0.1, -0.05) is 0 Å². The van der Waals surface area contributed by atoms with Crippen molar-refractivity contribution in [2.75, 3.05) is 7.11 Å². The van der Waals surface area contributed by atoms with Gasteiger partial charge in [0.1, 0.15) is 11.9 Å². The molecule has 13 heavy (non-hydrogen) atoms. The molecule has 1 aromatic heterocycles. The average molecular weight is 184 g/mol. The highest BCUT2D eigenvalue weighted by atomic mass is 16.5. The molecule has 0 aliphatic rings. The Kier molecular flexibility index (Phi) is 3.99. The minimum atomic E-state index is -0.507. The molecule has 0 saturated carbocycles. The van der Waals surface area contributed by atoms with Crippen LogP contribution in [0.15, 0.2) is 22.8 Å². The van der Waals surface area contributed by atoms with Crippen LogP contribution in [-0.2, 0) is 4.74 Å². The molecule has 1 rings (SSSR count). The van der Waals surface area contributed by atoms with Gasteiger partial charge in [-0.05, 0) is 31.9 Å². The first-order valence-corrected chi connectivity index (χ1v) is 4.48. The molecule has 1 N–H and O–H groups in total. The molecule has 74 valence electrons.